The first-order chi connectivity index (χ1) is 14.6. The summed E-state index contributed by atoms with van der Waals surface area (Å²) in [5, 5.41) is 5.00. The van der Waals surface area contributed by atoms with Gasteiger partial charge in [-0.05, 0) is 84.6 Å². The first kappa shape index (κ1) is 22.0. The van der Waals surface area contributed by atoms with E-state index in [1.807, 2.05) is 18.4 Å². The number of aryl methyl sites for hydroxylation is 2. The van der Waals surface area contributed by atoms with Crippen molar-refractivity contribution in [3.8, 4) is 0 Å². The van der Waals surface area contributed by atoms with Gasteiger partial charge in [0.25, 0.3) is 0 Å². The largest absolute Gasteiger partial charge is 0.354 e. The molecule has 0 saturated carbocycles. The lowest BCUT2D eigenvalue weighted by Gasteiger charge is -2.50. The number of aliphatic imine (C=N–C) groups is 1. The van der Waals surface area contributed by atoms with Gasteiger partial charge in [0.05, 0.1) is 12.2 Å². The number of fused-ring (bicyclic) bond motifs is 1. The Hall–Kier alpha value is -1.18. The lowest BCUT2D eigenvalue weighted by Crippen LogP contribution is -2.62. The number of rotatable bonds is 5. The molecule has 4 rings (SSSR count). The van der Waals surface area contributed by atoms with Gasteiger partial charge in [-0.15, -0.1) is 11.3 Å². The van der Waals surface area contributed by atoms with E-state index < -0.39 is 0 Å². The molecule has 0 spiro atoms. The Kier molecular flexibility index (Phi) is 7.32. The number of aromatic nitrogens is 1. The monoisotopic (exact) mass is 432 g/mol. The van der Waals surface area contributed by atoms with Crippen LogP contribution in [0.3, 0.4) is 0 Å². The summed E-state index contributed by atoms with van der Waals surface area (Å²) in [6.45, 7) is 6.73. The highest BCUT2D eigenvalue weighted by Gasteiger charge is 2.39. The Bertz CT molecular complexity index is 692. The smallest absolute Gasteiger partial charge is 0.193 e. The van der Waals surface area contributed by atoms with E-state index in [1.54, 1.807) is 0 Å². The molecule has 0 aromatic carbocycles. The summed E-state index contributed by atoms with van der Waals surface area (Å²) in [6, 6.07) is 0. The molecule has 0 atom stereocenters. The van der Waals surface area contributed by atoms with Crippen molar-refractivity contribution in [2.75, 3.05) is 53.9 Å². The van der Waals surface area contributed by atoms with Gasteiger partial charge in [0.2, 0.25) is 0 Å². The normalized spacial score (nSPS) is 23.2. The molecule has 3 aliphatic rings. The lowest BCUT2D eigenvalue weighted by molar-refractivity contribution is 0.0170. The van der Waals surface area contributed by atoms with Gasteiger partial charge in [-0.1, -0.05) is 6.42 Å². The number of hydrogen-bond donors (Lipinski definition) is 1. The van der Waals surface area contributed by atoms with E-state index >= 15 is 0 Å². The molecule has 0 amide bonds. The minimum atomic E-state index is 0.268. The first-order valence-electron chi connectivity index (χ1n) is 11.9. The number of guanidine groups is 1. The van der Waals surface area contributed by atoms with Crippen molar-refractivity contribution < 1.29 is 0 Å². The van der Waals surface area contributed by atoms with Crippen LogP contribution in [-0.2, 0) is 19.4 Å². The van der Waals surface area contributed by atoms with Gasteiger partial charge in [-0.25, -0.2) is 4.98 Å². The van der Waals surface area contributed by atoms with Gasteiger partial charge in [0.15, 0.2) is 5.96 Å². The molecule has 0 radical (unpaired) electrons. The summed E-state index contributed by atoms with van der Waals surface area (Å²) in [5.74, 6) is 0.999. The van der Waals surface area contributed by atoms with Crippen LogP contribution in [0.4, 0.5) is 0 Å². The van der Waals surface area contributed by atoms with Gasteiger partial charge in [-0.3, -0.25) is 9.89 Å². The summed E-state index contributed by atoms with van der Waals surface area (Å²) in [5.41, 5.74) is 1.62. The van der Waals surface area contributed by atoms with Crippen molar-refractivity contribution in [1.82, 2.24) is 25.0 Å². The fourth-order valence-electron chi connectivity index (χ4n) is 5.39. The summed E-state index contributed by atoms with van der Waals surface area (Å²) >= 11 is 1.91. The molecule has 6 nitrogen and oxygen atoms in total. The maximum atomic E-state index is 4.93. The zero-order valence-corrected chi connectivity index (χ0v) is 20.1. The van der Waals surface area contributed by atoms with Crippen LogP contribution in [0.25, 0.3) is 0 Å². The Labute approximate surface area is 186 Å². The predicted octanol–water partition coefficient (Wildman–Crippen LogP) is 2.98. The van der Waals surface area contributed by atoms with Crippen molar-refractivity contribution in [3.63, 3.8) is 0 Å². The standard InChI is InChI=1S/C23H40N6S/c1-24-22(28(3)17-21-26-19-9-5-6-10-20(19)30-21)25-18-23(11-15-27(2)16-12-23)29-13-7-4-8-14-29/h4-18H2,1-3H3,(H,24,25). The number of likely N-dealkylation sites (tertiary alicyclic amines) is 2. The molecule has 1 N–H and O–H groups in total. The van der Waals surface area contributed by atoms with Crippen LogP contribution in [0.15, 0.2) is 4.99 Å². The van der Waals surface area contributed by atoms with E-state index in [0.29, 0.717) is 0 Å². The molecule has 3 heterocycles. The molecule has 1 aliphatic carbocycles. The maximum Gasteiger partial charge on any atom is 0.193 e. The first-order valence-corrected chi connectivity index (χ1v) is 12.7. The zero-order chi connectivity index (χ0) is 21.0. The van der Waals surface area contributed by atoms with Crippen molar-refractivity contribution in [2.24, 2.45) is 4.99 Å². The third-order valence-electron chi connectivity index (χ3n) is 7.36. The Morgan fingerprint density at radius 2 is 1.83 bits per heavy atom. The lowest BCUT2D eigenvalue weighted by atomic mass is 9.84. The van der Waals surface area contributed by atoms with Crippen LogP contribution in [0, 0.1) is 0 Å². The van der Waals surface area contributed by atoms with E-state index in [4.69, 9.17) is 4.98 Å². The molecule has 0 unspecified atom stereocenters. The van der Waals surface area contributed by atoms with E-state index in [2.05, 4.69) is 39.1 Å². The highest BCUT2D eigenvalue weighted by atomic mass is 32.1. The number of thiazole rings is 1. The van der Waals surface area contributed by atoms with E-state index in [1.165, 1.54) is 93.1 Å². The molecule has 168 valence electrons. The number of nitrogens with one attached hydrogen (secondary N) is 1. The quantitative estimate of drug-likeness (QED) is 0.573. The van der Waals surface area contributed by atoms with Crippen molar-refractivity contribution in [1.29, 1.82) is 0 Å². The molecule has 1 aromatic rings. The van der Waals surface area contributed by atoms with Crippen molar-refractivity contribution in [3.05, 3.63) is 15.6 Å². The molecule has 1 aromatic heterocycles. The van der Waals surface area contributed by atoms with Crippen LogP contribution >= 0.6 is 11.3 Å². The number of nitrogens with zero attached hydrogens (tertiary/aromatic N) is 5. The third-order valence-corrected chi connectivity index (χ3v) is 8.50. The number of piperidine rings is 2. The summed E-state index contributed by atoms with van der Waals surface area (Å²) in [6.07, 6.45) is 11.6. The fraction of sp³-hybridized carbons (Fsp3) is 0.826. The minimum absolute atomic E-state index is 0.268. The average molecular weight is 433 g/mol. The molecule has 7 heteroatoms. The highest BCUT2D eigenvalue weighted by molar-refractivity contribution is 7.11. The van der Waals surface area contributed by atoms with Crippen LogP contribution in [0.1, 0.15) is 60.5 Å². The van der Waals surface area contributed by atoms with Crippen LogP contribution < -0.4 is 5.32 Å². The maximum absolute atomic E-state index is 4.93. The van der Waals surface area contributed by atoms with Crippen molar-refractivity contribution >= 4 is 17.3 Å². The van der Waals surface area contributed by atoms with E-state index in [9.17, 15) is 0 Å². The van der Waals surface area contributed by atoms with Gasteiger partial charge in [0, 0.05) is 31.1 Å². The van der Waals surface area contributed by atoms with E-state index in [-0.39, 0.29) is 5.54 Å². The van der Waals surface area contributed by atoms with E-state index in [0.717, 1.165) is 25.5 Å². The predicted molar refractivity (Wildman–Crippen MR) is 126 cm³/mol. The van der Waals surface area contributed by atoms with Crippen LogP contribution in [0.2, 0.25) is 0 Å². The summed E-state index contributed by atoms with van der Waals surface area (Å²) < 4.78 is 0. The Balaban J connectivity index is 1.39. The van der Waals surface area contributed by atoms with Gasteiger partial charge in [-0.2, -0.15) is 0 Å². The Morgan fingerprint density at radius 3 is 2.53 bits per heavy atom. The molecular weight excluding hydrogens is 392 g/mol. The number of hydrogen-bond acceptors (Lipinski definition) is 5. The minimum Gasteiger partial charge on any atom is -0.354 e. The van der Waals surface area contributed by atoms with Gasteiger partial charge >= 0.3 is 0 Å². The molecule has 2 fully saturated rings. The van der Waals surface area contributed by atoms with Crippen LogP contribution in [0.5, 0.6) is 0 Å². The summed E-state index contributed by atoms with van der Waals surface area (Å²) in [4.78, 5) is 18.6. The molecule has 2 aliphatic heterocycles. The molecule has 30 heavy (non-hydrogen) atoms. The Morgan fingerprint density at radius 1 is 1.10 bits per heavy atom. The third kappa shape index (κ3) is 5.00. The zero-order valence-electron chi connectivity index (χ0n) is 19.3. The second-order valence-electron chi connectivity index (χ2n) is 9.52. The highest BCUT2D eigenvalue weighted by Crippen LogP contribution is 2.31. The summed E-state index contributed by atoms with van der Waals surface area (Å²) in [7, 11) is 6.32. The molecule has 2 saturated heterocycles. The van der Waals surface area contributed by atoms with Crippen LogP contribution in [-0.4, -0.2) is 85.0 Å². The van der Waals surface area contributed by atoms with Gasteiger partial charge < -0.3 is 15.1 Å². The average Bonchev–Trinajstić information content (AvgIpc) is 3.18. The molecular formula is C23H40N6S. The molecule has 0 bridgehead atoms. The van der Waals surface area contributed by atoms with Crippen molar-refractivity contribution in [2.45, 2.75) is 69.9 Å². The van der Waals surface area contributed by atoms with Gasteiger partial charge in [0.1, 0.15) is 5.01 Å². The fourth-order valence-corrected chi connectivity index (χ4v) is 6.60. The SMILES string of the molecule is CN=C(NCC1(N2CCCCC2)CCN(C)CC1)N(C)Cc1nc2c(s1)CCCC2. The second-order valence-corrected chi connectivity index (χ2v) is 10.7. The second kappa shape index (κ2) is 9.96. The topological polar surface area (TPSA) is 47.0 Å².